The summed E-state index contributed by atoms with van der Waals surface area (Å²) in [6.45, 7) is 6.00. The molecule has 0 bridgehead atoms. The fraction of sp³-hybridized carbons (Fsp3) is 0.632. The lowest BCUT2D eigenvalue weighted by atomic mass is 9.87. The van der Waals surface area contributed by atoms with Crippen LogP contribution in [0.3, 0.4) is 0 Å². The number of carbonyl (C=O) groups excluding carboxylic acids is 1. The number of methoxy groups -OCH3 is 2. The molecular formula is C19H28N2O4. The van der Waals surface area contributed by atoms with E-state index in [1.54, 1.807) is 14.2 Å². The summed E-state index contributed by atoms with van der Waals surface area (Å²) in [5.41, 5.74) is 1.15. The number of hydrogen-bond acceptors (Lipinski definition) is 5. The van der Waals surface area contributed by atoms with E-state index < -0.39 is 0 Å². The van der Waals surface area contributed by atoms with Crippen LogP contribution in [0, 0.1) is 5.41 Å². The molecular weight excluding hydrogens is 320 g/mol. The van der Waals surface area contributed by atoms with Crippen molar-refractivity contribution in [2.24, 2.45) is 5.41 Å². The zero-order chi connectivity index (χ0) is 17.7. The maximum absolute atomic E-state index is 12.4. The van der Waals surface area contributed by atoms with E-state index >= 15 is 0 Å². The van der Waals surface area contributed by atoms with Crippen LogP contribution in [0.5, 0.6) is 5.75 Å². The lowest BCUT2D eigenvalue weighted by Crippen LogP contribution is -2.40. The smallest absolute Gasteiger partial charge is 0.223 e. The fourth-order valence-electron chi connectivity index (χ4n) is 3.79. The third-order valence-corrected chi connectivity index (χ3v) is 5.05. The molecule has 1 amide bonds. The van der Waals surface area contributed by atoms with Crippen molar-refractivity contribution >= 4 is 5.91 Å². The van der Waals surface area contributed by atoms with Crippen molar-refractivity contribution in [3.05, 3.63) is 29.8 Å². The van der Waals surface area contributed by atoms with Crippen LogP contribution in [-0.4, -0.2) is 75.9 Å². The van der Waals surface area contributed by atoms with Crippen molar-refractivity contribution in [3.8, 4) is 5.75 Å². The number of hydrogen-bond donors (Lipinski definition) is 0. The minimum atomic E-state index is -0.103. The molecule has 1 spiro atoms. The summed E-state index contributed by atoms with van der Waals surface area (Å²) in [4.78, 5) is 16.7. The summed E-state index contributed by atoms with van der Waals surface area (Å²) in [7, 11) is 3.35. The van der Waals surface area contributed by atoms with Gasteiger partial charge in [-0.05, 0) is 17.7 Å². The summed E-state index contributed by atoms with van der Waals surface area (Å²) in [5.74, 6) is 1.08. The highest BCUT2D eigenvalue weighted by atomic mass is 16.5. The van der Waals surface area contributed by atoms with E-state index in [9.17, 15) is 4.79 Å². The Morgan fingerprint density at radius 2 is 2.00 bits per heavy atom. The van der Waals surface area contributed by atoms with Gasteiger partial charge in [-0.2, -0.15) is 0 Å². The van der Waals surface area contributed by atoms with Gasteiger partial charge in [0.15, 0.2) is 0 Å². The molecule has 2 aliphatic rings. The van der Waals surface area contributed by atoms with Crippen molar-refractivity contribution in [3.63, 3.8) is 0 Å². The molecule has 138 valence electrons. The highest BCUT2D eigenvalue weighted by Crippen LogP contribution is 2.34. The number of likely N-dealkylation sites (tertiary alicyclic amines) is 1. The number of amides is 1. The molecule has 2 aliphatic heterocycles. The van der Waals surface area contributed by atoms with E-state index in [0.717, 1.165) is 31.9 Å². The molecule has 2 fully saturated rings. The van der Waals surface area contributed by atoms with Crippen LogP contribution in [0.25, 0.3) is 0 Å². The van der Waals surface area contributed by atoms with Gasteiger partial charge in [0.1, 0.15) is 5.75 Å². The Labute approximate surface area is 149 Å². The predicted molar refractivity (Wildman–Crippen MR) is 94.6 cm³/mol. The van der Waals surface area contributed by atoms with Gasteiger partial charge in [-0.1, -0.05) is 12.1 Å². The van der Waals surface area contributed by atoms with Gasteiger partial charge in [0.05, 0.1) is 26.9 Å². The van der Waals surface area contributed by atoms with Crippen molar-refractivity contribution in [2.45, 2.75) is 13.0 Å². The summed E-state index contributed by atoms with van der Waals surface area (Å²) >= 11 is 0. The first-order valence-electron chi connectivity index (χ1n) is 8.84. The molecule has 1 aromatic carbocycles. The molecule has 0 aliphatic carbocycles. The van der Waals surface area contributed by atoms with Crippen LogP contribution in [0.4, 0.5) is 0 Å². The molecule has 6 heteroatoms. The maximum atomic E-state index is 12.4. The van der Waals surface area contributed by atoms with Gasteiger partial charge in [-0.25, -0.2) is 0 Å². The second-order valence-corrected chi connectivity index (χ2v) is 7.10. The zero-order valence-corrected chi connectivity index (χ0v) is 15.2. The van der Waals surface area contributed by atoms with E-state index in [4.69, 9.17) is 14.2 Å². The van der Waals surface area contributed by atoms with Gasteiger partial charge < -0.3 is 19.1 Å². The molecule has 0 saturated carbocycles. The highest BCUT2D eigenvalue weighted by molar-refractivity contribution is 5.79. The van der Waals surface area contributed by atoms with Crippen LogP contribution >= 0.6 is 0 Å². The SMILES string of the molecule is COCCN1C[C@]2(COCCN(Cc3ccc(OC)cc3)C2)CC1=O. The van der Waals surface area contributed by atoms with Crippen molar-refractivity contribution in [1.29, 1.82) is 0 Å². The third-order valence-electron chi connectivity index (χ3n) is 5.05. The molecule has 0 radical (unpaired) electrons. The number of rotatable bonds is 6. The first kappa shape index (κ1) is 18.2. The summed E-state index contributed by atoms with van der Waals surface area (Å²) in [6, 6.07) is 8.18. The molecule has 1 aromatic rings. The minimum Gasteiger partial charge on any atom is -0.497 e. The molecule has 1 atom stereocenters. The predicted octanol–water partition coefficient (Wildman–Crippen LogP) is 1.39. The Morgan fingerprint density at radius 1 is 1.20 bits per heavy atom. The molecule has 3 rings (SSSR count). The first-order valence-corrected chi connectivity index (χ1v) is 8.84. The Kier molecular flexibility index (Phi) is 5.93. The molecule has 0 unspecified atom stereocenters. The second kappa shape index (κ2) is 8.17. The van der Waals surface area contributed by atoms with Crippen LogP contribution < -0.4 is 4.74 Å². The molecule has 6 nitrogen and oxygen atoms in total. The van der Waals surface area contributed by atoms with Gasteiger partial charge in [-0.3, -0.25) is 9.69 Å². The number of carbonyl (C=O) groups is 1. The zero-order valence-electron chi connectivity index (χ0n) is 15.2. The Hall–Kier alpha value is -1.63. The van der Waals surface area contributed by atoms with Crippen molar-refractivity contribution < 1.29 is 19.0 Å². The Morgan fingerprint density at radius 3 is 2.72 bits per heavy atom. The topological polar surface area (TPSA) is 51.2 Å². The standard InChI is InChI=1S/C19H28N2O4/c1-23-9-8-21-14-19(11-18(21)22)13-20(7-10-25-15-19)12-16-3-5-17(24-2)6-4-16/h3-6H,7-15H2,1-2H3/t19-/m0/s1. The normalized spacial score (nSPS) is 24.7. The van der Waals surface area contributed by atoms with Gasteiger partial charge >= 0.3 is 0 Å². The molecule has 2 heterocycles. The number of nitrogens with zero attached hydrogens (tertiary/aromatic N) is 2. The van der Waals surface area contributed by atoms with Crippen LogP contribution in [0.1, 0.15) is 12.0 Å². The summed E-state index contributed by atoms with van der Waals surface area (Å²) in [5, 5.41) is 0. The average molecular weight is 348 g/mol. The van der Waals surface area contributed by atoms with Crippen molar-refractivity contribution in [2.75, 3.05) is 60.2 Å². The first-order chi connectivity index (χ1) is 12.1. The molecule has 25 heavy (non-hydrogen) atoms. The van der Waals surface area contributed by atoms with Crippen LogP contribution in [-0.2, 0) is 20.8 Å². The van der Waals surface area contributed by atoms with Crippen molar-refractivity contribution in [1.82, 2.24) is 9.80 Å². The van der Waals surface area contributed by atoms with Crippen LogP contribution in [0.2, 0.25) is 0 Å². The van der Waals surface area contributed by atoms with Gasteiger partial charge in [0, 0.05) is 51.7 Å². The monoisotopic (exact) mass is 348 g/mol. The van der Waals surface area contributed by atoms with E-state index in [0.29, 0.717) is 32.8 Å². The molecule has 0 aromatic heterocycles. The highest BCUT2D eigenvalue weighted by Gasteiger charge is 2.45. The number of benzene rings is 1. The van der Waals surface area contributed by atoms with Crippen LogP contribution in [0.15, 0.2) is 24.3 Å². The van der Waals surface area contributed by atoms with Gasteiger partial charge in [-0.15, -0.1) is 0 Å². The Bertz CT molecular complexity index is 577. The lowest BCUT2D eigenvalue weighted by molar-refractivity contribution is -0.128. The van der Waals surface area contributed by atoms with E-state index in [1.165, 1.54) is 5.56 Å². The summed E-state index contributed by atoms with van der Waals surface area (Å²) < 4.78 is 16.2. The van der Waals surface area contributed by atoms with E-state index in [1.807, 2.05) is 17.0 Å². The number of ether oxygens (including phenoxy) is 3. The lowest BCUT2D eigenvalue weighted by Gasteiger charge is -2.31. The Balaban J connectivity index is 1.65. The second-order valence-electron chi connectivity index (χ2n) is 7.10. The third kappa shape index (κ3) is 4.51. The molecule has 0 N–H and O–H groups in total. The quantitative estimate of drug-likeness (QED) is 0.778. The molecule has 2 saturated heterocycles. The fourth-order valence-corrected chi connectivity index (χ4v) is 3.79. The van der Waals surface area contributed by atoms with Gasteiger partial charge in [0.2, 0.25) is 5.91 Å². The largest absolute Gasteiger partial charge is 0.497 e. The van der Waals surface area contributed by atoms with Gasteiger partial charge in [0.25, 0.3) is 0 Å². The minimum absolute atomic E-state index is 0.103. The average Bonchev–Trinajstić information content (AvgIpc) is 2.79. The van der Waals surface area contributed by atoms with E-state index in [2.05, 4.69) is 17.0 Å². The summed E-state index contributed by atoms with van der Waals surface area (Å²) in [6.07, 6.45) is 0.565. The maximum Gasteiger partial charge on any atom is 0.223 e. The van der Waals surface area contributed by atoms with E-state index in [-0.39, 0.29) is 11.3 Å².